The molecule has 4 rings (SSSR count). The van der Waals surface area contributed by atoms with E-state index in [9.17, 15) is 9.59 Å². The third-order valence-electron chi connectivity index (χ3n) is 5.25. The van der Waals surface area contributed by atoms with Gasteiger partial charge in [-0.3, -0.25) is 9.78 Å². The van der Waals surface area contributed by atoms with Crippen LogP contribution in [0.25, 0.3) is 0 Å². The van der Waals surface area contributed by atoms with Crippen LogP contribution in [-0.2, 0) is 24.5 Å². The first-order valence-electron chi connectivity index (χ1n) is 10.7. The molecule has 1 saturated heterocycles. The maximum absolute atomic E-state index is 12.2. The first-order chi connectivity index (χ1) is 15.7. The molecular weight excluding hydrogens is 404 g/mol. The number of ether oxygens (including phenoxy) is 1. The minimum absolute atomic E-state index is 0.208. The Morgan fingerprint density at radius 1 is 1.00 bits per heavy atom. The third-order valence-corrected chi connectivity index (χ3v) is 5.25. The number of pyridine rings is 1. The summed E-state index contributed by atoms with van der Waals surface area (Å²) in [5.41, 5.74) is 3.59. The number of anilines is 1. The minimum Gasteiger partial charge on any atom is -0.487 e. The Kier molecular flexibility index (Phi) is 6.97. The fraction of sp³-hybridized carbons (Fsp3) is 0.240. The number of benzene rings is 2. The molecule has 0 aliphatic carbocycles. The molecule has 0 spiro atoms. The van der Waals surface area contributed by atoms with Crippen molar-refractivity contribution in [2.75, 3.05) is 11.9 Å². The summed E-state index contributed by atoms with van der Waals surface area (Å²) < 4.78 is 5.72. The highest BCUT2D eigenvalue weighted by Crippen LogP contribution is 2.17. The highest BCUT2D eigenvalue weighted by atomic mass is 16.5. The fourth-order valence-electron chi connectivity index (χ4n) is 3.49. The van der Waals surface area contributed by atoms with E-state index in [1.807, 2.05) is 71.6 Å². The maximum atomic E-state index is 12.2. The Morgan fingerprint density at radius 2 is 1.78 bits per heavy atom. The van der Waals surface area contributed by atoms with E-state index in [1.54, 1.807) is 6.20 Å². The Labute approximate surface area is 187 Å². The molecule has 164 valence electrons. The van der Waals surface area contributed by atoms with Crippen LogP contribution in [0.4, 0.5) is 10.5 Å². The quantitative estimate of drug-likeness (QED) is 0.564. The second-order valence-electron chi connectivity index (χ2n) is 7.68. The Morgan fingerprint density at radius 3 is 2.47 bits per heavy atom. The van der Waals surface area contributed by atoms with E-state index in [2.05, 4.69) is 15.6 Å². The lowest BCUT2D eigenvalue weighted by atomic mass is 10.2. The summed E-state index contributed by atoms with van der Waals surface area (Å²) in [6.45, 7) is 2.25. The van der Waals surface area contributed by atoms with E-state index in [0.717, 1.165) is 35.5 Å². The second-order valence-corrected chi connectivity index (χ2v) is 7.68. The van der Waals surface area contributed by atoms with Gasteiger partial charge in [0.25, 0.3) is 0 Å². The summed E-state index contributed by atoms with van der Waals surface area (Å²) in [4.78, 5) is 30.0. The Hall–Kier alpha value is -3.87. The van der Waals surface area contributed by atoms with Crippen molar-refractivity contribution in [1.29, 1.82) is 0 Å². The average Bonchev–Trinajstić information content (AvgIpc) is 3.23. The van der Waals surface area contributed by atoms with Crippen LogP contribution in [0.3, 0.4) is 0 Å². The molecule has 3 amide bonds. The predicted molar refractivity (Wildman–Crippen MR) is 122 cm³/mol. The second kappa shape index (κ2) is 10.4. The number of rotatable bonds is 8. The normalized spacial score (nSPS) is 13.1. The third kappa shape index (κ3) is 6.07. The van der Waals surface area contributed by atoms with E-state index in [1.165, 1.54) is 0 Å². The molecule has 1 aromatic heterocycles. The maximum Gasteiger partial charge on any atom is 0.319 e. The zero-order valence-corrected chi connectivity index (χ0v) is 17.8. The number of nitrogens with one attached hydrogen (secondary N) is 2. The van der Waals surface area contributed by atoms with Crippen LogP contribution >= 0.6 is 0 Å². The number of amides is 3. The first kappa shape index (κ1) is 21.4. The number of nitrogens with zero attached hydrogens (tertiary/aromatic N) is 2. The van der Waals surface area contributed by atoms with Gasteiger partial charge in [-0.2, -0.15) is 0 Å². The van der Waals surface area contributed by atoms with Crippen molar-refractivity contribution >= 4 is 17.6 Å². The van der Waals surface area contributed by atoms with Crippen LogP contribution in [-0.4, -0.2) is 28.4 Å². The topological polar surface area (TPSA) is 83.6 Å². The van der Waals surface area contributed by atoms with Gasteiger partial charge in [0.15, 0.2) is 0 Å². The van der Waals surface area contributed by atoms with E-state index < -0.39 is 0 Å². The Balaban J connectivity index is 1.20. The van der Waals surface area contributed by atoms with Crippen molar-refractivity contribution in [3.05, 3.63) is 89.7 Å². The molecule has 3 aromatic rings. The number of hydrogen-bond acceptors (Lipinski definition) is 4. The van der Waals surface area contributed by atoms with Gasteiger partial charge in [0.2, 0.25) is 5.91 Å². The largest absolute Gasteiger partial charge is 0.487 e. The molecule has 2 heterocycles. The smallest absolute Gasteiger partial charge is 0.319 e. The SMILES string of the molecule is O=C(NCc1ccc(OCc2ccccn2)cc1)Nc1ccc(CN2CCCC2=O)cc1. The summed E-state index contributed by atoms with van der Waals surface area (Å²) in [5.74, 6) is 0.957. The van der Waals surface area contributed by atoms with E-state index >= 15 is 0 Å². The van der Waals surface area contributed by atoms with E-state index in [0.29, 0.717) is 31.8 Å². The van der Waals surface area contributed by atoms with Crippen molar-refractivity contribution in [2.45, 2.75) is 32.5 Å². The molecule has 1 aliphatic heterocycles. The molecule has 0 atom stereocenters. The summed E-state index contributed by atoms with van der Waals surface area (Å²) in [6, 6.07) is 20.6. The highest BCUT2D eigenvalue weighted by molar-refractivity contribution is 5.89. The summed E-state index contributed by atoms with van der Waals surface area (Å²) in [6.07, 6.45) is 3.31. The van der Waals surface area contributed by atoms with Crippen molar-refractivity contribution in [3.8, 4) is 5.75 Å². The molecule has 0 unspecified atom stereocenters. The van der Waals surface area contributed by atoms with E-state index in [-0.39, 0.29) is 11.9 Å². The van der Waals surface area contributed by atoms with Gasteiger partial charge in [0.05, 0.1) is 5.69 Å². The highest BCUT2D eigenvalue weighted by Gasteiger charge is 2.19. The van der Waals surface area contributed by atoms with Gasteiger partial charge < -0.3 is 20.3 Å². The number of carbonyl (C=O) groups excluding carboxylic acids is 2. The van der Waals surface area contributed by atoms with Gasteiger partial charge in [-0.25, -0.2) is 4.79 Å². The standard InChI is InChI=1S/C25H26N4O3/c30-24-5-3-15-29(24)17-20-6-10-21(11-7-20)28-25(31)27-16-19-8-12-23(13-9-19)32-18-22-4-1-2-14-26-22/h1-2,4,6-14H,3,5,15-18H2,(H2,27,28,31). The molecule has 1 aliphatic rings. The number of aromatic nitrogens is 1. The van der Waals surface area contributed by atoms with Gasteiger partial charge in [-0.1, -0.05) is 30.3 Å². The van der Waals surface area contributed by atoms with Crippen LogP contribution in [0.2, 0.25) is 0 Å². The number of likely N-dealkylation sites (tertiary alicyclic amines) is 1. The summed E-state index contributed by atoms with van der Waals surface area (Å²) in [5, 5.41) is 5.68. The Bertz CT molecular complexity index is 1040. The number of hydrogen-bond donors (Lipinski definition) is 2. The molecule has 7 nitrogen and oxygen atoms in total. The molecule has 32 heavy (non-hydrogen) atoms. The molecule has 2 N–H and O–H groups in total. The summed E-state index contributed by atoms with van der Waals surface area (Å²) in [7, 11) is 0. The molecule has 0 bridgehead atoms. The lowest BCUT2D eigenvalue weighted by molar-refractivity contribution is -0.128. The first-order valence-corrected chi connectivity index (χ1v) is 10.7. The van der Waals surface area contributed by atoms with Gasteiger partial charge >= 0.3 is 6.03 Å². The van der Waals surface area contributed by atoms with Gasteiger partial charge in [-0.15, -0.1) is 0 Å². The van der Waals surface area contributed by atoms with Crippen LogP contribution in [0, 0.1) is 0 Å². The van der Waals surface area contributed by atoms with Gasteiger partial charge in [0, 0.05) is 37.9 Å². The monoisotopic (exact) mass is 430 g/mol. The van der Waals surface area contributed by atoms with Crippen molar-refractivity contribution in [3.63, 3.8) is 0 Å². The molecule has 0 radical (unpaired) electrons. The van der Waals surface area contributed by atoms with Crippen LogP contribution in [0.1, 0.15) is 29.7 Å². The zero-order valence-electron chi connectivity index (χ0n) is 17.8. The van der Waals surface area contributed by atoms with Gasteiger partial charge in [-0.05, 0) is 53.9 Å². The van der Waals surface area contributed by atoms with Crippen LogP contribution < -0.4 is 15.4 Å². The molecular formula is C25H26N4O3. The predicted octanol–water partition coefficient (Wildman–Crippen LogP) is 4.10. The fourth-order valence-corrected chi connectivity index (χ4v) is 3.49. The molecule has 0 saturated carbocycles. The van der Waals surface area contributed by atoms with Crippen LogP contribution in [0.15, 0.2) is 72.9 Å². The lowest BCUT2D eigenvalue weighted by Crippen LogP contribution is -2.28. The molecule has 2 aromatic carbocycles. The average molecular weight is 431 g/mol. The van der Waals surface area contributed by atoms with Crippen molar-refractivity contribution in [1.82, 2.24) is 15.2 Å². The number of carbonyl (C=O) groups is 2. The minimum atomic E-state index is -0.275. The van der Waals surface area contributed by atoms with Crippen molar-refractivity contribution in [2.24, 2.45) is 0 Å². The van der Waals surface area contributed by atoms with Gasteiger partial charge in [0.1, 0.15) is 12.4 Å². The van der Waals surface area contributed by atoms with Crippen LogP contribution in [0.5, 0.6) is 5.75 Å². The van der Waals surface area contributed by atoms with Crippen molar-refractivity contribution < 1.29 is 14.3 Å². The number of urea groups is 1. The van der Waals surface area contributed by atoms with E-state index in [4.69, 9.17) is 4.74 Å². The molecule has 1 fully saturated rings. The lowest BCUT2D eigenvalue weighted by Gasteiger charge is -2.15. The molecule has 7 heteroatoms. The zero-order chi connectivity index (χ0) is 22.2. The summed E-state index contributed by atoms with van der Waals surface area (Å²) >= 11 is 0.